The molecule has 0 radical (unpaired) electrons. The highest BCUT2D eigenvalue weighted by Gasteiger charge is 1.98. The zero-order valence-electron chi connectivity index (χ0n) is 14.4. The number of benzene rings is 2. The smallest absolute Gasteiger partial charge is 0.193 e. The van der Waals surface area contributed by atoms with Gasteiger partial charge in [0, 0.05) is 11.8 Å². The Morgan fingerprint density at radius 3 is 2.44 bits per heavy atom. The van der Waals surface area contributed by atoms with Gasteiger partial charge in [0.05, 0.1) is 34.0 Å². The third-order valence-electron chi connectivity index (χ3n) is 3.29. The summed E-state index contributed by atoms with van der Waals surface area (Å²) >= 11 is 0. The molecule has 0 atom stereocenters. The first-order valence-electron chi connectivity index (χ1n) is 7.63. The fourth-order valence-corrected chi connectivity index (χ4v) is 2.03. The van der Waals surface area contributed by atoms with Gasteiger partial charge in [-0.05, 0) is 29.8 Å². The number of nitrogens with two attached hydrogens (primary N) is 1. The number of aliphatic imine (C=N–C) groups is 1. The molecule has 0 amide bonds. The normalized spacial score (nSPS) is 10.7. The molecule has 0 bridgehead atoms. The predicted octanol–water partition coefficient (Wildman–Crippen LogP) is 3.27. The van der Waals surface area contributed by atoms with Crippen LogP contribution in [-0.4, -0.2) is 33.3 Å². The number of nitrogens with zero attached hydrogens (tertiary/aromatic N) is 1. The van der Waals surface area contributed by atoms with Gasteiger partial charge in [0.1, 0.15) is 11.5 Å². The van der Waals surface area contributed by atoms with Crippen molar-refractivity contribution in [2.45, 2.75) is 6.61 Å². The molecule has 25 heavy (non-hydrogen) atoms. The SMILES string of the molecule is COc1ccc(COCCN=C(N)Nc2cccc(OC)c2)cc1.I. The van der Waals surface area contributed by atoms with Crippen molar-refractivity contribution in [1.82, 2.24) is 0 Å². The van der Waals surface area contributed by atoms with Gasteiger partial charge < -0.3 is 25.3 Å². The van der Waals surface area contributed by atoms with Crippen LogP contribution in [0.4, 0.5) is 5.69 Å². The van der Waals surface area contributed by atoms with Gasteiger partial charge in [-0.2, -0.15) is 0 Å². The van der Waals surface area contributed by atoms with Crippen molar-refractivity contribution in [1.29, 1.82) is 0 Å². The summed E-state index contributed by atoms with van der Waals surface area (Å²) in [4.78, 5) is 4.23. The standard InChI is InChI=1S/C18H23N3O3.HI/c1-22-16-8-6-14(7-9-16)13-24-11-10-20-18(19)21-15-4-3-5-17(12-15)23-2;/h3-9,12H,10-11,13H2,1-2H3,(H3,19,20,21);1H. The van der Waals surface area contributed by atoms with Gasteiger partial charge in [-0.15, -0.1) is 24.0 Å². The number of methoxy groups -OCH3 is 2. The van der Waals surface area contributed by atoms with E-state index in [1.807, 2.05) is 48.5 Å². The number of anilines is 1. The van der Waals surface area contributed by atoms with E-state index in [4.69, 9.17) is 19.9 Å². The lowest BCUT2D eigenvalue weighted by Gasteiger charge is -2.08. The molecule has 0 spiro atoms. The molecule has 2 aromatic rings. The first kappa shape index (κ1) is 21.0. The minimum absolute atomic E-state index is 0. The number of hydrogen-bond acceptors (Lipinski definition) is 4. The molecule has 0 aliphatic rings. The summed E-state index contributed by atoms with van der Waals surface area (Å²) in [6.45, 7) is 1.51. The second-order valence-electron chi connectivity index (χ2n) is 5.02. The van der Waals surface area contributed by atoms with Crippen LogP contribution >= 0.6 is 24.0 Å². The summed E-state index contributed by atoms with van der Waals surface area (Å²) in [5.41, 5.74) is 7.77. The molecular formula is C18H24IN3O3. The van der Waals surface area contributed by atoms with Gasteiger partial charge in [-0.1, -0.05) is 18.2 Å². The number of halogens is 1. The van der Waals surface area contributed by atoms with Crippen LogP contribution in [0.5, 0.6) is 11.5 Å². The zero-order chi connectivity index (χ0) is 17.2. The predicted molar refractivity (Wildman–Crippen MR) is 111 cm³/mol. The van der Waals surface area contributed by atoms with E-state index in [2.05, 4.69) is 10.3 Å². The van der Waals surface area contributed by atoms with Crippen LogP contribution in [0.25, 0.3) is 0 Å². The Morgan fingerprint density at radius 2 is 1.76 bits per heavy atom. The maximum Gasteiger partial charge on any atom is 0.193 e. The fraction of sp³-hybridized carbons (Fsp3) is 0.278. The van der Waals surface area contributed by atoms with Gasteiger partial charge >= 0.3 is 0 Å². The summed E-state index contributed by atoms with van der Waals surface area (Å²) < 4.78 is 15.9. The molecule has 0 aliphatic heterocycles. The maximum absolute atomic E-state index is 5.85. The Balaban J connectivity index is 0.00000312. The molecule has 2 rings (SSSR count). The molecule has 2 aromatic carbocycles. The molecule has 0 saturated heterocycles. The minimum Gasteiger partial charge on any atom is -0.497 e. The lowest BCUT2D eigenvalue weighted by Crippen LogP contribution is -2.23. The molecule has 0 aromatic heterocycles. The third-order valence-corrected chi connectivity index (χ3v) is 3.29. The van der Waals surface area contributed by atoms with E-state index in [1.165, 1.54) is 0 Å². The first-order chi connectivity index (χ1) is 11.7. The van der Waals surface area contributed by atoms with Crippen molar-refractivity contribution >= 4 is 35.6 Å². The van der Waals surface area contributed by atoms with Crippen LogP contribution in [0.2, 0.25) is 0 Å². The van der Waals surface area contributed by atoms with Crippen LogP contribution in [0.1, 0.15) is 5.56 Å². The maximum atomic E-state index is 5.85. The van der Waals surface area contributed by atoms with Gasteiger partial charge in [-0.25, -0.2) is 0 Å². The first-order valence-corrected chi connectivity index (χ1v) is 7.63. The zero-order valence-corrected chi connectivity index (χ0v) is 16.7. The molecule has 0 unspecified atom stereocenters. The second-order valence-corrected chi connectivity index (χ2v) is 5.02. The van der Waals surface area contributed by atoms with Crippen LogP contribution in [0.15, 0.2) is 53.5 Å². The lowest BCUT2D eigenvalue weighted by atomic mass is 10.2. The Hall–Kier alpha value is -2.00. The Labute approximate surface area is 165 Å². The second kappa shape index (κ2) is 11.5. The average Bonchev–Trinajstić information content (AvgIpc) is 2.62. The number of nitrogens with one attached hydrogen (secondary N) is 1. The Kier molecular flexibility index (Phi) is 9.71. The van der Waals surface area contributed by atoms with E-state index >= 15 is 0 Å². The van der Waals surface area contributed by atoms with Crippen LogP contribution in [0, 0.1) is 0 Å². The monoisotopic (exact) mass is 457 g/mol. The quantitative estimate of drug-likeness (QED) is 0.276. The Bertz CT molecular complexity index is 663. The van der Waals surface area contributed by atoms with E-state index in [9.17, 15) is 0 Å². The summed E-state index contributed by atoms with van der Waals surface area (Å²) in [6.07, 6.45) is 0. The van der Waals surface area contributed by atoms with Crippen molar-refractivity contribution in [2.75, 3.05) is 32.7 Å². The highest BCUT2D eigenvalue weighted by Crippen LogP contribution is 2.16. The summed E-state index contributed by atoms with van der Waals surface area (Å²) in [7, 11) is 3.27. The summed E-state index contributed by atoms with van der Waals surface area (Å²) in [5, 5.41) is 3.02. The number of ether oxygens (including phenoxy) is 3. The van der Waals surface area contributed by atoms with Crippen LogP contribution < -0.4 is 20.5 Å². The van der Waals surface area contributed by atoms with Gasteiger partial charge in [0.2, 0.25) is 0 Å². The largest absolute Gasteiger partial charge is 0.497 e. The van der Waals surface area contributed by atoms with Gasteiger partial charge in [0.25, 0.3) is 0 Å². The summed E-state index contributed by atoms with van der Waals surface area (Å²) in [6, 6.07) is 15.3. The summed E-state index contributed by atoms with van der Waals surface area (Å²) in [5.74, 6) is 1.94. The number of hydrogen-bond donors (Lipinski definition) is 2. The van der Waals surface area contributed by atoms with Crippen LogP contribution in [-0.2, 0) is 11.3 Å². The van der Waals surface area contributed by atoms with E-state index in [-0.39, 0.29) is 24.0 Å². The molecule has 0 saturated carbocycles. The topological polar surface area (TPSA) is 78.1 Å². The molecular weight excluding hydrogens is 433 g/mol. The molecule has 6 nitrogen and oxygen atoms in total. The highest BCUT2D eigenvalue weighted by molar-refractivity contribution is 14.0. The lowest BCUT2D eigenvalue weighted by molar-refractivity contribution is 0.128. The number of rotatable bonds is 8. The number of guanidine groups is 1. The molecule has 7 heteroatoms. The van der Waals surface area contributed by atoms with Crippen LogP contribution in [0.3, 0.4) is 0 Å². The van der Waals surface area contributed by atoms with E-state index in [0.29, 0.717) is 25.7 Å². The van der Waals surface area contributed by atoms with Crippen molar-refractivity contribution in [3.05, 3.63) is 54.1 Å². The Morgan fingerprint density at radius 1 is 1.04 bits per heavy atom. The molecule has 3 N–H and O–H groups in total. The van der Waals surface area contributed by atoms with Crippen molar-refractivity contribution in [3.63, 3.8) is 0 Å². The minimum atomic E-state index is 0. The third kappa shape index (κ3) is 7.61. The van der Waals surface area contributed by atoms with E-state index in [0.717, 1.165) is 22.7 Å². The van der Waals surface area contributed by atoms with Crippen molar-refractivity contribution in [3.8, 4) is 11.5 Å². The fourth-order valence-electron chi connectivity index (χ4n) is 2.03. The average molecular weight is 457 g/mol. The van der Waals surface area contributed by atoms with Crippen molar-refractivity contribution < 1.29 is 14.2 Å². The van der Waals surface area contributed by atoms with Crippen molar-refractivity contribution in [2.24, 2.45) is 10.7 Å². The van der Waals surface area contributed by atoms with Gasteiger partial charge in [0.15, 0.2) is 5.96 Å². The molecule has 136 valence electrons. The molecule has 0 aliphatic carbocycles. The molecule has 0 heterocycles. The van der Waals surface area contributed by atoms with Gasteiger partial charge in [-0.3, -0.25) is 4.99 Å². The van der Waals surface area contributed by atoms with E-state index < -0.39 is 0 Å². The highest BCUT2D eigenvalue weighted by atomic mass is 127. The molecule has 0 fully saturated rings. The van der Waals surface area contributed by atoms with E-state index in [1.54, 1.807) is 14.2 Å².